The van der Waals surface area contributed by atoms with Crippen molar-refractivity contribution in [3.8, 4) is 0 Å². The molecule has 0 saturated heterocycles. The Morgan fingerprint density at radius 1 is 0.920 bits per heavy atom. The van der Waals surface area contributed by atoms with Crippen molar-refractivity contribution in [2.24, 2.45) is 0 Å². The quantitative estimate of drug-likeness (QED) is 0.502. The molecule has 0 fully saturated rings. The van der Waals surface area contributed by atoms with Crippen molar-refractivity contribution in [2.75, 3.05) is 6.61 Å². The number of carbonyl (C=O) groups excluding carboxylic acids is 1. The second kappa shape index (κ2) is 11.0. The highest BCUT2D eigenvalue weighted by Gasteiger charge is 2.20. The highest BCUT2D eigenvalue weighted by molar-refractivity contribution is 5.37. The molecular formula is C20H22O5. The van der Waals surface area contributed by atoms with E-state index in [9.17, 15) is 9.90 Å². The number of ether oxygens (including phenoxy) is 3. The third-order valence-electron chi connectivity index (χ3n) is 3.52. The van der Waals surface area contributed by atoms with E-state index in [0.29, 0.717) is 19.7 Å². The summed E-state index contributed by atoms with van der Waals surface area (Å²) in [7, 11) is 0. The summed E-state index contributed by atoms with van der Waals surface area (Å²) < 4.78 is 16.2. The standard InChI is InChI=1S/C20H22O5/c21-13-20(25-16-22)19(24-15-18-9-5-2-6-10-18)11-12-23-14-17-7-3-1-4-8-17/h1-12,16,19-21H,13-15H2/b12-11+. The lowest BCUT2D eigenvalue weighted by atomic mass is 10.2. The molecule has 25 heavy (non-hydrogen) atoms. The first-order valence-corrected chi connectivity index (χ1v) is 8.01. The normalized spacial score (nSPS) is 13.3. The molecule has 0 aliphatic carbocycles. The van der Waals surface area contributed by atoms with Crippen LogP contribution in [0.25, 0.3) is 0 Å². The lowest BCUT2D eigenvalue weighted by Gasteiger charge is -2.21. The maximum atomic E-state index is 10.6. The van der Waals surface area contributed by atoms with E-state index in [2.05, 4.69) is 0 Å². The molecule has 0 amide bonds. The van der Waals surface area contributed by atoms with E-state index < -0.39 is 12.2 Å². The average molecular weight is 342 g/mol. The zero-order chi connectivity index (χ0) is 17.7. The minimum absolute atomic E-state index is 0.304. The van der Waals surface area contributed by atoms with Crippen LogP contribution in [0.4, 0.5) is 0 Å². The van der Waals surface area contributed by atoms with Gasteiger partial charge in [-0.25, -0.2) is 0 Å². The predicted molar refractivity (Wildman–Crippen MR) is 93.4 cm³/mol. The molecule has 0 aliphatic rings. The molecule has 5 heteroatoms. The fourth-order valence-electron chi connectivity index (χ4n) is 2.20. The number of hydrogen-bond acceptors (Lipinski definition) is 5. The molecule has 2 atom stereocenters. The van der Waals surface area contributed by atoms with E-state index >= 15 is 0 Å². The van der Waals surface area contributed by atoms with Gasteiger partial charge in [-0.2, -0.15) is 0 Å². The number of aliphatic hydroxyl groups is 1. The van der Waals surface area contributed by atoms with Gasteiger partial charge in [0.05, 0.1) is 19.5 Å². The zero-order valence-corrected chi connectivity index (χ0v) is 13.9. The topological polar surface area (TPSA) is 65.0 Å². The van der Waals surface area contributed by atoms with E-state index in [1.807, 2.05) is 60.7 Å². The highest BCUT2D eigenvalue weighted by Crippen LogP contribution is 2.11. The maximum absolute atomic E-state index is 10.6. The Kier molecular flexibility index (Phi) is 8.24. The second-order valence-electron chi connectivity index (χ2n) is 5.34. The fourth-order valence-corrected chi connectivity index (χ4v) is 2.20. The van der Waals surface area contributed by atoms with E-state index in [0.717, 1.165) is 11.1 Å². The molecule has 1 N–H and O–H groups in total. The molecule has 0 heterocycles. The first kappa shape index (κ1) is 18.7. The summed E-state index contributed by atoms with van der Waals surface area (Å²) in [5.41, 5.74) is 2.02. The molecule has 0 aliphatic heterocycles. The van der Waals surface area contributed by atoms with Gasteiger partial charge in [-0.05, 0) is 17.2 Å². The van der Waals surface area contributed by atoms with Crippen LogP contribution in [-0.2, 0) is 32.2 Å². The van der Waals surface area contributed by atoms with E-state index in [4.69, 9.17) is 14.2 Å². The number of benzene rings is 2. The van der Waals surface area contributed by atoms with Gasteiger partial charge in [0, 0.05) is 0 Å². The summed E-state index contributed by atoms with van der Waals surface area (Å²) in [6.07, 6.45) is 1.72. The Balaban J connectivity index is 1.92. The van der Waals surface area contributed by atoms with Crippen molar-refractivity contribution in [2.45, 2.75) is 25.4 Å². The second-order valence-corrected chi connectivity index (χ2v) is 5.34. The van der Waals surface area contributed by atoms with Gasteiger partial charge in [0.2, 0.25) is 0 Å². The summed E-state index contributed by atoms with van der Waals surface area (Å²) in [6.45, 7) is 0.702. The first-order chi connectivity index (χ1) is 12.3. The Hall–Kier alpha value is -2.63. The fraction of sp³-hybridized carbons (Fsp3) is 0.250. The molecule has 2 rings (SSSR count). The van der Waals surface area contributed by atoms with Crippen molar-refractivity contribution in [1.29, 1.82) is 0 Å². The molecule has 0 aromatic heterocycles. The number of hydrogen-bond donors (Lipinski definition) is 1. The van der Waals surface area contributed by atoms with Gasteiger partial charge in [-0.3, -0.25) is 4.79 Å². The van der Waals surface area contributed by atoms with Crippen LogP contribution in [0.3, 0.4) is 0 Å². The summed E-state index contributed by atoms with van der Waals surface area (Å²) >= 11 is 0. The Morgan fingerprint density at radius 3 is 2.08 bits per heavy atom. The van der Waals surface area contributed by atoms with E-state index in [-0.39, 0.29) is 6.61 Å². The van der Waals surface area contributed by atoms with Crippen molar-refractivity contribution < 1.29 is 24.1 Å². The van der Waals surface area contributed by atoms with Crippen LogP contribution in [0, 0.1) is 0 Å². The van der Waals surface area contributed by atoms with Gasteiger partial charge < -0.3 is 19.3 Å². The SMILES string of the molecule is O=COC(CO)C(/C=C/OCc1ccccc1)OCc1ccccc1. The molecule has 0 spiro atoms. The number of aliphatic hydroxyl groups excluding tert-OH is 1. The van der Waals surface area contributed by atoms with Crippen LogP contribution in [0.5, 0.6) is 0 Å². The highest BCUT2D eigenvalue weighted by atomic mass is 16.6. The molecule has 132 valence electrons. The monoisotopic (exact) mass is 342 g/mol. The molecule has 0 saturated carbocycles. The minimum Gasteiger partial charge on any atom is -0.497 e. The molecule has 2 aromatic rings. The molecule has 5 nitrogen and oxygen atoms in total. The molecule has 0 bridgehead atoms. The van der Waals surface area contributed by atoms with Gasteiger partial charge in [0.1, 0.15) is 12.7 Å². The van der Waals surface area contributed by atoms with E-state index in [1.165, 1.54) is 6.26 Å². The summed E-state index contributed by atoms with van der Waals surface area (Å²) in [5, 5.41) is 9.42. The van der Waals surface area contributed by atoms with Crippen LogP contribution in [0.15, 0.2) is 73.0 Å². The lowest BCUT2D eigenvalue weighted by molar-refractivity contribution is -0.143. The summed E-state index contributed by atoms with van der Waals surface area (Å²) in [6, 6.07) is 19.4. The van der Waals surface area contributed by atoms with Crippen molar-refractivity contribution in [3.63, 3.8) is 0 Å². The summed E-state index contributed by atoms with van der Waals surface area (Å²) in [5.74, 6) is 0. The third kappa shape index (κ3) is 6.79. The molecule has 0 radical (unpaired) electrons. The van der Waals surface area contributed by atoms with Crippen LogP contribution >= 0.6 is 0 Å². The van der Waals surface area contributed by atoms with Crippen molar-refractivity contribution >= 4 is 6.47 Å². The van der Waals surface area contributed by atoms with Crippen LogP contribution in [0.1, 0.15) is 11.1 Å². The molecule has 2 aromatic carbocycles. The van der Waals surface area contributed by atoms with Gasteiger partial charge in [0.25, 0.3) is 6.47 Å². The van der Waals surface area contributed by atoms with Crippen molar-refractivity contribution in [1.82, 2.24) is 0 Å². The average Bonchev–Trinajstić information content (AvgIpc) is 2.67. The van der Waals surface area contributed by atoms with Crippen LogP contribution < -0.4 is 0 Å². The largest absolute Gasteiger partial charge is 0.497 e. The van der Waals surface area contributed by atoms with Gasteiger partial charge in [-0.1, -0.05) is 60.7 Å². The van der Waals surface area contributed by atoms with Crippen molar-refractivity contribution in [3.05, 3.63) is 84.1 Å². The summed E-state index contributed by atoms with van der Waals surface area (Å²) in [4.78, 5) is 10.6. The molecule has 2 unspecified atom stereocenters. The Morgan fingerprint density at radius 2 is 1.52 bits per heavy atom. The predicted octanol–water partition coefficient (Wildman–Crippen LogP) is 2.84. The van der Waals surface area contributed by atoms with Crippen LogP contribution in [0.2, 0.25) is 0 Å². The van der Waals surface area contributed by atoms with Gasteiger partial charge >= 0.3 is 0 Å². The van der Waals surface area contributed by atoms with Crippen LogP contribution in [-0.4, -0.2) is 30.4 Å². The Labute approximate surface area is 147 Å². The minimum atomic E-state index is -0.794. The smallest absolute Gasteiger partial charge is 0.293 e. The maximum Gasteiger partial charge on any atom is 0.293 e. The Bertz CT molecular complexity index is 627. The number of rotatable bonds is 11. The van der Waals surface area contributed by atoms with Gasteiger partial charge in [-0.15, -0.1) is 0 Å². The lowest BCUT2D eigenvalue weighted by Crippen LogP contribution is -2.33. The molecular weight excluding hydrogens is 320 g/mol. The van der Waals surface area contributed by atoms with E-state index in [1.54, 1.807) is 6.08 Å². The van der Waals surface area contributed by atoms with Gasteiger partial charge in [0.15, 0.2) is 6.10 Å². The third-order valence-corrected chi connectivity index (χ3v) is 3.52. The zero-order valence-electron chi connectivity index (χ0n) is 13.9. The first-order valence-electron chi connectivity index (χ1n) is 8.01. The number of carbonyl (C=O) groups is 1.